The van der Waals surface area contributed by atoms with Gasteiger partial charge in [-0.1, -0.05) is 26.0 Å². The van der Waals surface area contributed by atoms with E-state index in [2.05, 4.69) is 5.32 Å². The van der Waals surface area contributed by atoms with Crippen molar-refractivity contribution in [2.45, 2.75) is 13.8 Å². The summed E-state index contributed by atoms with van der Waals surface area (Å²) < 4.78 is 4.87. The quantitative estimate of drug-likeness (QED) is 0.607. The Morgan fingerprint density at radius 1 is 1.33 bits per heavy atom. The van der Waals surface area contributed by atoms with Gasteiger partial charge in [-0.05, 0) is 18.1 Å². The molecule has 0 aromatic heterocycles. The number of amides is 1. The fourth-order valence-corrected chi connectivity index (χ4v) is 1.26. The number of anilines is 1. The number of benzene rings is 1. The van der Waals surface area contributed by atoms with E-state index in [1.54, 1.807) is 24.3 Å². The maximum absolute atomic E-state index is 11.6. The topological polar surface area (TPSA) is 81.4 Å². The molecule has 3 N–H and O–H groups in total. The van der Waals surface area contributed by atoms with E-state index in [0.29, 0.717) is 18.2 Å². The molecule has 1 aromatic carbocycles. The molecule has 0 unspecified atom stereocenters. The Labute approximate surface area is 106 Å². The van der Waals surface area contributed by atoms with E-state index in [1.165, 1.54) is 0 Å². The molecule has 0 radical (unpaired) electrons. The van der Waals surface area contributed by atoms with Gasteiger partial charge < -0.3 is 15.8 Å². The van der Waals surface area contributed by atoms with Gasteiger partial charge in [0.2, 0.25) is 0 Å². The molecular formula is C13H18N2O3. The summed E-state index contributed by atoms with van der Waals surface area (Å²) in [5.41, 5.74) is 6.24. The van der Waals surface area contributed by atoms with Crippen LogP contribution in [0, 0.1) is 5.92 Å². The highest BCUT2D eigenvalue weighted by Crippen LogP contribution is 2.11. The van der Waals surface area contributed by atoms with Crippen LogP contribution >= 0.6 is 0 Å². The summed E-state index contributed by atoms with van der Waals surface area (Å²) in [6, 6.07) is 6.58. The minimum Gasteiger partial charge on any atom is -0.452 e. The van der Waals surface area contributed by atoms with Crippen molar-refractivity contribution in [1.29, 1.82) is 0 Å². The van der Waals surface area contributed by atoms with Crippen LogP contribution in [0.3, 0.4) is 0 Å². The summed E-state index contributed by atoms with van der Waals surface area (Å²) in [6.07, 6.45) is 0. The third-order valence-corrected chi connectivity index (χ3v) is 2.22. The van der Waals surface area contributed by atoms with E-state index in [0.717, 1.165) is 0 Å². The molecule has 1 rings (SSSR count). The first-order chi connectivity index (χ1) is 8.50. The number of hydrogen-bond donors (Lipinski definition) is 2. The lowest BCUT2D eigenvalue weighted by atomic mass is 10.2. The molecule has 0 aliphatic heterocycles. The number of carbonyl (C=O) groups is 2. The number of nitrogen functional groups attached to an aromatic ring is 1. The molecule has 18 heavy (non-hydrogen) atoms. The summed E-state index contributed by atoms with van der Waals surface area (Å²) in [7, 11) is 0. The first-order valence-electron chi connectivity index (χ1n) is 5.79. The molecule has 0 heterocycles. The van der Waals surface area contributed by atoms with Crippen molar-refractivity contribution < 1.29 is 14.3 Å². The maximum atomic E-state index is 11.6. The summed E-state index contributed by atoms with van der Waals surface area (Å²) in [6.45, 7) is 4.23. The molecule has 5 heteroatoms. The van der Waals surface area contributed by atoms with Gasteiger partial charge in [0.1, 0.15) is 0 Å². The summed E-state index contributed by atoms with van der Waals surface area (Å²) >= 11 is 0. The molecule has 0 saturated carbocycles. The second kappa shape index (κ2) is 6.64. The Kier molecular flexibility index (Phi) is 5.17. The van der Waals surface area contributed by atoms with Crippen LogP contribution in [0.5, 0.6) is 0 Å². The summed E-state index contributed by atoms with van der Waals surface area (Å²) in [4.78, 5) is 23.0. The van der Waals surface area contributed by atoms with Crippen molar-refractivity contribution in [2.24, 2.45) is 5.92 Å². The van der Waals surface area contributed by atoms with Crippen molar-refractivity contribution in [1.82, 2.24) is 5.32 Å². The third-order valence-electron chi connectivity index (χ3n) is 2.22. The van der Waals surface area contributed by atoms with E-state index in [4.69, 9.17) is 10.5 Å². The lowest BCUT2D eigenvalue weighted by Crippen LogP contribution is -2.31. The minimum absolute atomic E-state index is 0.272. The van der Waals surface area contributed by atoms with Crippen molar-refractivity contribution in [3.05, 3.63) is 29.8 Å². The van der Waals surface area contributed by atoms with E-state index in [1.807, 2.05) is 13.8 Å². The molecule has 98 valence electrons. The molecule has 0 spiro atoms. The minimum atomic E-state index is -0.590. The fourth-order valence-electron chi connectivity index (χ4n) is 1.26. The zero-order chi connectivity index (χ0) is 13.5. The standard InChI is InChI=1S/C13H18N2O3/c1-9(2)7-15-12(16)8-18-13(17)10-5-3-4-6-11(10)14/h3-6,9H,7-8,14H2,1-2H3,(H,15,16). The second-order valence-corrected chi connectivity index (χ2v) is 4.36. The predicted octanol–water partition coefficient (Wildman–Crippen LogP) is 1.20. The number of carbonyl (C=O) groups excluding carboxylic acids is 2. The zero-order valence-corrected chi connectivity index (χ0v) is 10.6. The van der Waals surface area contributed by atoms with Gasteiger partial charge in [-0.15, -0.1) is 0 Å². The molecule has 0 fully saturated rings. The van der Waals surface area contributed by atoms with Gasteiger partial charge in [0, 0.05) is 12.2 Å². The van der Waals surface area contributed by atoms with Gasteiger partial charge in [-0.25, -0.2) is 4.79 Å². The van der Waals surface area contributed by atoms with Crippen LogP contribution in [-0.2, 0) is 9.53 Å². The van der Waals surface area contributed by atoms with Gasteiger partial charge in [0.15, 0.2) is 6.61 Å². The fraction of sp³-hybridized carbons (Fsp3) is 0.385. The van der Waals surface area contributed by atoms with E-state index in [-0.39, 0.29) is 18.1 Å². The van der Waals surface area contributed by atoms with Gasteiger partial charge in [-0.3, -0.25) is 4.79 Å². The highest BCUT2D eigenvalue weighted by molar-refractivity contribution is 5.96. The first-order valence-corrected chi connectivity index (χ1v) is 5.79. The van der Waals surface area contributed by atoms with Crippen LogP contribution in [0.4, 0.5) is 5.69 Å². The van der Waals surface area contributed by atoms with Crippen molar-refractivity contribution in [3.8, 4) is 0 Å². The number of ether oxygens (including phenoxy) is 1. The highest BCUT2D eigenvalue weighted by atomic mass is 16.5. The molecule has 5 nitrogen and oxygen atoms in total. The Bertz CT molecular complexity index is 430. The van der Waals surface area contributed by atoms with Crippen LogP contribution in [0.15, 0.2) is 24.3 Å². The molecule has 1 aromatic rings. The Hall–Kier alpha value is -2.04. The van der Waals surface area contributed by atoms with Gasteiger partial charge in [0.05, 0.1) is 5.56 Å². The Morgan fingerprint density at radius 3 is 2.61 bits per heavy atom. The highest BCUT2D eigenvalue weighted by Gasteiger charge is 2.12. The average molecular weight is 250 g/mol. The smallest absolute Gasteiger partial charge is 0.340 e. The van der Waals surface area contributed by atoms with Crippen molar-refractivity contribution >= 4 is 17.6 Å². The zero-order valence-electron chi connectivity index (χ0n) is 10.6. The molecule has 0 saturated heterocycles. The van der Waals surface area contributed by atoms with Crippen LogP contribution < -0.4 is 11.1 Å². The number of para-hydroxylation sites is 1. The van der Waals surface area contributed by atoms with E-state index in [9.17, 15) is 9.59 Å². The number of nitrogens with one attached hydrogen (secondary N) is 1. The van der Waals surface area contributed by atoms with Crippen LogP contribution in [0.25, 0.3) is 0 Å². The predicted molar refractivity (Wildman–Crippen MR) is 69.0 cm³/mol. The van der Waals surface area contributed by atoms with E-state index >= 15 is 0 Å². The van der Waals surface area contributed by atoms with Crippen molar-refractivity contribution in [2.75, 3.05) is 18.9 Å². The third kappa shape index (κ3) is 4.45. The molecule has 0 aliphatic rings. The van der Waals surface area contributed by atoms with E-state index < -0.39 is 5.97 Å². The lowest BCUT2D eigenvalue weighted by Gasteiger charge is -2.09. The summed E-state index contributed by atoms with van der Waals surface area (Å²) in [5, 5.41) is 2.66. The SMILES string of the molecule is CC(C)CNC(=O)COC(=O)c1ccccc1N. The number of nitrogens with two attached hydrogens (primary N) is 1. The number of rotatable bonds is 5. The molecule has 0 aliphatic carbocycles. The van der Waals surface area contributed by atoms with Crippen LogP contribution in [0.2, 0.25) is 0 Å². The number of esters is 1. The Morgan fingerprint density at radius 2 is 2.00 bits per heavy atom. The summed E-state index contributed by atoms with van der Waals surface area (Å²) in [5.74, 6) is -0.547. The number of hydrogen-bond acceptors (Lipinski definition) is 4. The molecule has 0 bridgehead atoms. The van der Waals surface area contributed by atoms with Gasteiger partial charge >= 0.3 is 5.97 Å². The molecule has 1 amide bonds. The van der Waals surface area contributed by atoms with Gasteiger partial charge in [0.25, 0.3) is 5.91 Å². The van der Waals surface area contributed by atoms with Crippen LogP contribution in [-0.4, -0.2) is 25.0 Å². The monoisotopic (exact) mass is 250 g/mol. The van der Waals surface area contributed by atoms with Crippen LogP contribution in [0.1, 0.15) is 24.2 Å². The maximum Gasteiger partial charge on any atom is 0.340 e. The molecular weight excluding hydrogens is 232 g/mol. The largest absolute Gasteiger partial charge is 0.452 e. The normalized spacial score (nSPS) is 10.2. The van der Waals surface area contributed by atoms with Crippen molar-refractivity contribution in [3.63, 3.8) is 0 Å². The Balaban J connectivity index is 2.42. The second-order valence-electron chi connectivity index (χ2n) is 4.36. The lowest BCUT2D eigenvalue weighted by molar-refractivity contribution is -0.124. The molecule has 0 atom stereocenters. The first kappa shape index (κ1) is 14.0. The van der Waals surface area contributed by atoms with Gasteiger partial charge in [-0.2, -0.15) is 0 Å². The average Bonchev–Trinajstić information content (AvgIpc) is 2.34.